The summed E-state index contributed by atoms with van der Waals surface area (Å²) in [6.45, 7) is 3.79. The fourth-order valence-corrected chi connectivity index (χ4v) is 5.22. The van der Waals surface area contributed by atoms with E-state index in [0.29, 0.717) is 31.6 Å². The maximum Gasteiger partial charge on any atom is 0.255 e. The van der Waals surface area contributed by atoms with Gasteiger partial charge in [0.15, 0.2) is 0 Å². The number of β-amino-alcohol motifs (C(OH)–C–C–N with tert-alkyl or cyclic N) is 1. The molecule has 164 valence electrons. The van der Waals surface area contributed by atoms with Crippen molar-refractivity contribution >= 4 is 11.8 Å². The zero-order valence-electron chi connectivity index (χ0n) is 17.9. The first-order valence-electron chi connectivity index (χ1n) is 11.5. The summed E-state index contributed by atoms with van der Waals surface area (Å²) in [5.74, 6) is 0.0942. The molecule has 30 heavy (non-hydrogen) atoms. The highest BCUT2D eigenvalue weighted by atomic mass is 16.3. The van der Waals surface area contributed by atoms with Gasteiger partial charge in [-0.05, 0) is 51.2 Å². The summed E-state index contributed by atoms with van der Waals surface area (Å²) in [7, 11) is 0. The van der Waals surface area contributed by atoms with E-state index in [-0.39, 0.29) is 29.9 Å². The van der Waals surface area contributed by atoms with E-state index in [1.54, 1.807) is 6.20 Å². The van der Waals surface area contributed by atoms with Gasteiger partial charge in [0.2, 0.25) is 5.91 Å². The molecular formula is C23H34N4O3. The van der Waals surface area contributed by atoms with Crippen LogP contribution in [0.25, 0.3) is 0 Å². The third-order valence-corrected chi connectivity index (χ3v) is 6.95. The van der Waals surface area contributed by atoms with Crippen molar-refractivity contribution in [3.05, 3.63) is 29.6 Å². The van der Waals surface area contributed by atoms with Crippen LogP contribution in [-0.2, 0) is 4.79 Å². The predicted molar refractivity (Wildman–Crippen MR) is 114 cm³/mol. The van der Waals surface area contributed by atoms with Crippen LogP contribution in [0, 0.1) is 6.92 Å². The molecule has 2 amide bonds. The summed E-state index contributed by atoms with van der Waals surface area (Å²) in [6, 6.07) is 3.95. The van der Waals surface area contributed by atoms with Crippen molar-refractivity contribution in [2.45, 2.75) is 82.5 Å². The Bertz CT molecular complexity index is 739. The van der Waals surface area contributed by atoms with Crippen molar-refractivity contribution in [2.75, 3.05) is 19.6 Å². The van der Waals surface area contributed by atoms with Crippen LogP contribution in [-0.4, -0.2) is 75.6 Å². The van der Waals surface area contributed by atoms with Gasteiger partial charge in [0.25, 0.3) is 5.91 Å². The van der Waals surface area contributed by atoms with Gasteiger partial charge < -0.3 is 15.3 Å². The van der Waals surface area contributed by atoms with Gasteiger partial charge in [-0.1, -0.05) is 19.3 Å². The average Bonchev–Trinajstić information content (AvgIpc) is 3.16. The number of carbonyl (C=O) groups excluding carboxylic acids is 2. The summed E-state index contributed by atoms with van der Waals surface area (Å²) < 4.78 is 0. The second kappa shape index (κ2) is 9.43. The number of nitrogens with zero attached hydrogens (tertiary/aromatic N) is 3. The Hall–Kier alpha value is -1.99. The molecule has 2 N–H and O–H groups in total. The molecule has 1 aromatic heterocycles. The van der Waals surface area contributed by atoms with Crippen LogP contribution in [0.15, 0.2) is 18.3 Å². The number of hydrogen-bond acceptors (Lipinski definition) is 5. The number of likely N-dealkylation sites (tertiary alicyclic amines) is 2. The van der Waals surface area contributed by atoms with E-state index in [9.17, 15) is 14.7 Å². The lowest BCUT2D eigenvalue weighted by Gasteiger charge is -2.39. The Morgan fingerprint density at radius 2 is 1.83 bits per heavy atom. The van der Waals surface area contributed by atoms with E-state index in [2.05, 4.69) is 15.2 Å². The van der Waals surface area contributed by atoms with Gasteiger partial charge in [-0.25, -0.2) is 0 Å². The first-order chi connectivity index (χ1) is 14.5. The summed E-state index contributed by atoms with van der Waals surface area (Å²) in [5.41, 5.74) is 1.52. The molecule has 4 rings (SSSR count). The SMILES string of the molecule is Cc1ccc(C(=O)N2CCC(N3C[C@H](O)C[C@H]3C(=O)NC3CCCCC3)CC2)cn1. The van der Waals surface area contributed by atoms with Crippen LogP contribution in [0.5, 0.6) is 0 Å². The molecule has 3 aliphatic rings. The van der Waals surface area contributed by atoms with Gasteiger partial charge in [-0.3, -0.25) is 19.5 Å². The molecule has 3 fully saturated rings. The minimum Gasteiger partial charge on any atom is -0.392 e. The van der Waals surface area contributed by atoms with Crippen LogP contribution in [0.3, 0.4) is 0 Å². The van der Waals surface area contributed by atoms with Crippen LogP contribution in [0.1, 0.15) is 67.4 Å². The van der Waals surface area contributed by atoms with Crippen molar-refractivity contribution in [2.24, 2.45) is 0 Å². The molecule has 2 aliphatic heterocycles. The van der Waals surface area contributed by atoms with Gasteiger partial charge in [0.05, 0.1) is 17.7 Å². The number of aliphatic hydroxyl groups excluding tert-OH is 1. The molecule has 1 aliphatic carbocycles. The average molecular weight is 415 g/mol. The smallest absolute Gasteiger partial charge is 0.255 e. The van der Waals surface area contributed by atoms with Crippen LogP contribution in [0.2, 0.25) is 0 Å². The van der Waals surface area contributed by atoms with E-state index in [4.69, 9.17) is 0 Å². The fraction of sp³-hybridized carbons (Fsp3) is 0.696. The third kappa shape index (κ3) is 4.83. The highest BCUT2D eigenvalue weighted by Gasteiger charge is 2.41. The molecule has 0 radical (unpaired) electrons. The second-order valence-corrected chi connectivity index (χ2v) is 9.16. The Balaban J connectivity index is 1.33. The maximum atomic E-state index is 13.0. The Labute approximate surface area is 178 Å². The molecule has 0 unspecified atom stereocenters. The second-order valence-electron chi connectivity index (χ2n) is 9.16. The van der Waals surface area contributed by atoms with E-state index in [1.165, 1.54) is 19.3 Å². The minimum absolute atomic E-state index is 0.0222. The zero-order chi connectivity index (χ0) is 21.1. The number of aromatic nitrogens is 1. The molecule has 2 saturated heterocycles. The molecule has 0 aromatic carbocycles. The number of pyridine rings is 1. The van der Waals surface area contributed by atoms with Crippen molar-refractivity contribution in [3.8, 4) is 0 Å². The maximum absolute atomic E-state index is 13.0. The van der Waals surface area contributed by atoms with E-state index >= 15 is 0 Å². The number of amides is 2. The van der Waals surface area contributed by atoms with Crippen molar-refractivity contribution < 1.29 is 14.7 Å². The van der Waals surface area contributed by atoms with Gasteiger partial charge >= 0.3 is 0 Å². The normalized spacial score (nSPS) is 26.7. The van der Waals surface area contributed by atoms with Gasteiger partial charge in [-0.2, -0.15) is 0 Å². The molecular weight excluding hydrogens is 380 g/mol. The summed E-state index contributed by atoms with van der Waals surface area (Å²) in [4.78, 5) is 34.0. The molecule has 2 atom stereocenters. The Morgan fingerprint density at radius 3 is 2.50 bits per heavy atom. The first kappa shape index (κ1) is 21.2. The highest BCUT2D eigenvalue weighted by molar-refractivity contribution is 5.94. The third-order valence-electron chi connectivity index (χ3n) is 6.95. The minimum atomic E-state index is -0.453. The van der Waals surface area contributed by atoms with E-state index in [0.717, 1.165) is 31.4 Å². The lowest BCUT2D eigenvalue weighted by molar-refractivity contribution is -0.127. The van der Waals surface area contributed by atoms with Crippen LogP contribution in [0.4, 0.5) is 0 Å². The van der Waals surface area contributed by atoms with E-state index < -0.39 is 6.10 Å². The number of piperidine rings is 1. The number of rotatable bonds is 4. The lowest BCUT2D eigenvalue weighted by Crippen LogP contribution is -2.53. The molecule has 7 nitrogen and oxygen atoms in total. The molecule has 1 aromatic rings. The molecule has 3 heterocycles. The quantitative estimate of drug-likeness (QED) is 0.786. The highest BCUT2D eigenvalue weighted by Crippen LogP contribution is 2.28. The largest absolute Gasteiger partial charge is 0.392 e. The number of carbonyl (C=O) groups is 2. The van der Waals surface area contributed by atoms with Crippen molar-refractivity contribution in [1.29, 1.82) is 0 Å². The van der Waals surface area contributed by atoms with Crippen LogP contribution < -0.4 is 5.32 Å². The number of aliphatic hydroxyl groups is 1. The van der Waals surface area contributed by atoms with Crippen molar-refractivity contribution in [1.82, 2.24) is 20.1 Å². The Kier molecular flexibility index (Phi) is 6.68. The van der Waals surface area contributed by atoms with Crippen molar-refractivity contribution in [3.63, 3.8) is 0 Å². The first-order valence-corrected chi connectivity index (χ1v) is 11.5. The molecule has 7 heteroatoms. The number of nitrogens with one attached hydrogen (secondary N) is 1. The summed E-state index contributed by atoms with van der Waals surface area (Å²) in [5, 5.41) is 13.5. The molecule has 1 saturated carbocycles. The molecule has 0 spiro atoms. The van der Waals surface area contributed by atoms with Crippen LogP contribution >= 0.6 is 0 Å². The van der Waals surface area contributed by atoms with Gasteiger partial charge in [0, 0.05) is 43.6 Å². The van der Waals surface area contributed by atoms with E-state index in [1.807, 2.05) is 24.0 Å². The number of aryl methyl sites for hydroxylation is 1. The molecule has 0 bridgehead atoms. The standard InChI is InChI=1S/C23H34N4O3/c1-16-7-8-17(14-24-16)23(30)26-11-9-19(10-12-26)27-15-20(28)13-21(27)22(29)25-18-5-3-2-4-6-18/h7-8,14,18-21,28H,2-6,9-13,15H2,1H3,(H,25,29)/t20-,21+/m1/s1. The predicted octanol–water partition coefficient (Wildman–Crippen LogP) is 1.88. The van der Waals surface area contributed by atoms with Gasteiger partial charge in [0.1, 0.15) is 0 Å². The number of hydrogen-bond donors (Lipinski definition) is 2. The Morgan fingerprint density at radius 1 is 1.10 bits per heavy atom. The lowest BCUT2D eigenvalue weighted by atomic mass is 9.95. The fourth-order valence-electron chi connectivity index (χ4n) is 5.22. The summed E-state index contributed by atoms with van der Waals surface area (Å²) >= 11 is 0. The topological polar surface area (TPSA) is 85.8 Å². The summed E-state index contributed by atoms with van der Waals surface area (Å²) in [6.07, 6.45) is 9.11. The zero-order valence-corrected chi connectivity index (χ0v) is 17.9. The van der Waals surface area contributed by atoms with Gasteiger partial charge in [-0.15, -0.1) is 0 Å². The monoisotopic (exact) mass is 414 g/mol.